The van der Waals surface area contributed by atoms with E-state index in [2.05, 4.69) is 13.8 Å². The van der Waals surface area contributed by atoms with Crippen LogP contribution in [-0.2, 0) is 0 Å². The van der Waals surface area contributed by atoms with Crippen molar-refractivity contribution in [2.75, 3.05) is 7.11 Å². The summed E-state index contributed by atoms with van der Waals surface area (Å²) in [6.45, 7) is 4.33. The van der Waals surface area contributed by atoms with Gasteiger partial charge in [0.2, 0.25) is 0 Å². The number of benzene rings is 1. The summed E-state index contributed by atoms with van der Waals surface area (Å²) in [6, 6.07) is 7.61. The molecule has 0 aliphatic rings. The molecule has 0 heterocycles. The highest BCUT2D eigenvalue weighted by Crippen LogP contribution is 2.22. The summed E-state index contributed by atoms with van der Waals surface area (Å²) in [6.07, 6.45) is 1.52. The Kier molecular flexibility index (Phi) is 4.63. The van der Waals surface area contributed by atoms with E-state index in [9.17, 15) is 5.11 Å². The molecule has 1 aromatic rings. The Morgan fingerprint density at radius 1 is 1.13 bits per heavy atom. The average Bonchev–Trinajstić information content (AvgIpc) is 2.26. The smallest absolute Gasteiger partial charge is 0.118 e. The van der Waals surface area contributed by atoms with E-state index in [1.807, 2.05) is 24.3 Å². The molecule has 0 saturated heterocycles. The summed E-state index contributed by atoms with van der Waals surface area (Å²) in [4.78, 5) is 0. The van der Waals surface area contributed by atoms with Crippen molar-refractivity contribution in [1.82, 2.24) is 0 Å². The van der Waals surface area contributed by atoms with E-state index >= 15 is 0 Å². The Morgan fingerprint density at radius 3 is 2.20 bits per heavy atom. The highest BCUT2D eigenvalue weighted by molar-refractivity contribution is 5.28. The molecule has 0 aliphatic heterocycles. The van der Waals surface area contributed by atoms with E-state index in [1.165, 1.54) is 0 Å². The number of aliphatic hydroxyl groups is 1. The number of aliphatic hydroxyl groups excluding tert-OH is 1. The molecule has 0 radical (unpaired) electrons. The average molecular weight is 208 g/mol. The van der Waals surface area contributed by atoms with Gasteiger partial charge in [-0.2, -0.15) is 0 Å². The summed E-state index contributed by atoms with van der Waals surface area (Å²) >= 11 is 0. The maximum absolute atomic E-state index is 9.89. The van der Waals surface area contributed by atoms with Crippen molar-refractivity contribution in [3.8, 4) is 5.75 Å². The van der Waals surface area contributed by atoms with Crippen LogP contribution < -0.4 is 4.74 Å². The number of ether oxygens (including phenoxy) is 1. The standard InChI is InChI=1S/C13H20O2/c1-10(2)4-9-13(14)11-5-7-12(15-3)8-6-11/h5-8,10,13-14H,4,9H2,1-3H3. The zero-order chi connectivity index (χ0) is 11.3. The second-order valence-electron chi connectivity index (χ2n) is 4.26. The number of methoxy groups -OCH3 is 1. The minimum atomic E-state index is -0.349. The molecule has 1 rings (SSSR count). The SMILES string of the molecule is COc1ccc(C(O)CCC(C)C)cc1. The number of hydrogen-bond donors (Lipinski definition) is 1. The van der Waals surface area contributed by atoms with Crippen molar-refractivity contribution in [1.29, 1.82) is 0 Å². The van der Waals surface area contributed by atoms with Crippen molar-refractivity contribution in [3.05, 3.63) is 29.8 Å². The van der Waals surface area contributed by atoms with Gasteiger partial charge in [-0.05, 0) is 36.5 Å². The minimum Gasteiger partial charge on any atom is -0.497 e. The van der Waals surface area contributed by atoms with E-state index in [0.29, 0.717) is 5.92 Å². The third-order valence-electron chi connectivity index (χ3n) is 2.52. The Bertz CT molecular complexity index is 277. The van der Waals surface area contributed by atoms with Gasteiger partial charge in [0.15, 0.2) is 0 Å². The fourth-order valence-electron chi connectivity index (χ4n) is 1.48. The van der Waals surface area contributed by atoms with Crippen LogP contribution in [0.25, 0.3) is 0 Å². The highest BCUT2D eigenvalue weighted by atomic mass is 16.5. The Morgan fingerprint density at radius 2 is 1.73 bits per heavy atom. The third-order valence-corrected chi connectivity index (χ3v) is 2.52. The van der Waals surface area contributed by atoms with E-state index in [1.54, 1.807) is 7.11 Å². The molecule has 0 bridgehead atoms. The fourth-order valence-corrected chi connectivity index (χ4v) is 1.48. The topological polar surface area (TPSA) is 29.5 Å². The second kappa shape index (κ2) is 5.76. The molecule has 1 unspecified atom stereocenters. The van der Waals surface area contributed by atoms with Gasteiger partial charge in [0.05, 0.1) is 13.2 Å². The van der Waals surface area contributed by atoms with Crippen LogP contribution in [0.2, 0.25) is 0 Å². The molecule has 0 saturated carbocycles. The minimum absolute atomic E-state index is 0.349. The zero-order valence-electron chi connectivity index (χ0n) is 9.73. The summed E-state index contributed by atoms with van der Waals surface area (Å²) in [5.74, 6) is 1.47. The van der Waals surface area contributed by atoms with Gasteiger partial charge in [-0.1, -0.05) is 26.0 Å². The van der Waals surface area contributed by atoms with Crippen LogP contribution in [0.4, 0.5) is 0 Å². The monoisotopic (exact) mass is 208 g/mol. The number of hydrogen-bond acceptors (Lipinski definition) is 2. The second-order valence-corrected chi connectivity index (χ2v) is 4.26. The van der Waals surface area contributed by atoms with Crippen molar-refractivity contribution >= 4 is 0 Å². The quantitative estimate of drug-likeness (QED) is 0.805. The molecule has 2 nitrogen and oxygen atoms in total. The molecule has 1 aromatic carbocycles. The summed E-state index contributed by atoms with van der Waals surface area (Å²) in [5, 5.41) is 9.89. The zero-order valence-corrected chi connectivity index (χ0v) is 9.73. The van der Waals surface area contributed by atoms with Crippen LogP contribution in [-0.4, -0.2) is 12.2 Å². The molecule has 0 spiro atoms. The molecular weight excluding hydrogens is 188 g/mol. The van der Waals surface area contributed by atoms with Gasteiger partial charge in [-0.15, -0.1) is 0 Å². The lowest BCUT2D eigenvalue weighted by atomic mass is 10.00. The van der Waals surface area contributed by atoms with Gasteiger partial charge in [0, 0.05) is 0 Å². The first kappa shape index (κ1) is 12.1. The van der Waals surface area contributed by atoms with Gasteiger partial charge in [0.25, 0.3) is 0 Å². The molecule has 1 atom stereocenters. The molecule has 0 aliphatic carbocycles. The van der Waals surface area contributed by atoms with E-state index < -0.39 is 0 Å². The lowest BCUT2D eigenvalue weighted by molar-refractivity contribution is 0.159. The molecule has 0 fully saturated rings. The maximum Gasteiger partial charge on any atom is 0.118 e. The predicted octanol–water partition coefficient (Wildman–Crippen LogP) is 3.16. The van der Waals surface area contributed by atoms with E-state index in [-0.39, 0.29) is 6.10 Å². The normalized spacial score (nSPS) is 12.9. The Balaban J connectivity index is 2.54. The van der Waals surface area contributed by atoms with Crippen LogP contribution in [0.5, 0.6) is 5.75 Å². The first-order valence-electron chi connectivity index (χ1n) is 5.45. The van der Waals surface area contributed by atoms with Crippen LogP contribution in [0, 0.1) is 5.92 Å². The van der Waals surface area contributed by atoms with Gasteiger partial charge >= 0.3 is 0 Å². The first-order chi connectivity index (χ1) is 7.13. The fraction of sp³-hybridized carbons (Fsp3) is 0.538. The van der Waals surface area contributed by atoms with Gasteiger partial charge in [-0.3, -0.25) is 0 Å². The molecule has 2 heteroatoms. The third kappa shape index (κ3) is 3.92. The molecule has 1 N–H and O–H groups in total. The highest BCUT2D eigenvalue weighted by Gasteiger charge is 2.08. The largest absolute Gasteiger partial charge is 0.497 e. The Labute approximate surface area is 91.9 Å². The molecule has 84 valence electrons. The summed E-state index contributed by atoms with van der Waals surface area (Å²) < 4.78 is 5.07. The molecule has 0 aromatic heterocycles. The van der Waals surface area contributed by atoms with Gasteiger partial charge in [0.1, 0.15) is 5.75 Å². The van der Waals surface area contributed by atoms with Crippen LogP contribution in [0.1, 0.15) is 38.4 Å². The summed E-state index contributed by atoms with van der Waals surface area (Å²) in [7, 11) is 1.64. The van der Waals surface area contributed by atoms with Gasteiger partial charge in [-0.25, -0.2) is 0 Å². The van der Waals surface area contributed by atoms with Crippen molar-refractivity contribution in [2.45, 2.75) is 32.8 Å². The van der Waals surface area contributed by atoms with E-state index in [0.717, 1.165) is 24.2 Å². The molecule has 15 heavy (non-hydrogen) atoms. The Hall–Kier alpha value is -1.02. The summed E-state index contributed by atoms with van der Waals surface area (Å²) in [5.41, 5.74) is 0.969. The predicted molar refractivity (Wildman–Crippen MR) is 62.0 cm³/mol. The van der Waals surface area contributed by atoms with Crippen molar-refractivity contribution < 1.29 is 9.84 Å². The van der Waals surface area contributed by atoms with Crippen LogP contribution in [0.3, 0.4) is 0 Å². The first-order valence-corrected chi connectivity index (χ1v) is 5.45. The molecule has 0 amide bonds. The van der Waals surface area contributed by atoms with Crippen LogP contribution in [0.15, 0.2) is 24.3 Å². The van der Waals surface area contributed by atoms with E-state index in [4.69, 9.17) is 4.74 Å². The lowest BCUT2D eigenvalue weighted by Crippen LogP contribution is -1.99. The maximum atomic E-state index is 9.89. The van der Waals surface area contributed by atoms with Crippen molar-refractivity contribution in [3.63, 3.8) is 0 Å². The lowest BCUT2D eigenvalue weighted by Gasteiger charge is -2.12. The van der Waals surface area contributed by atoms with Crippen molar-refractivity contribution in [2.24, 2.45) is 5.92 Å². The van der Waals surface area contributed by atoms with Crippen LogP contribution >= 0.6 is 0 Å². The molecular formula is C13H20O2. The number of rotatable bonds is 5. The van der Waals surface area contributed by atoms with Gasteiger partial charge < -0.3 is 9.84 Å².